The van der Waals surface area contributed by atoms with Crippen LogP contribution in [0.4, 0.5) is 0 Å². The lowest BCUT2D eigenvalue weighted by molar-refractivity contribution is 0.581. The van der Waals surface area contributed by atoms with Gasteiger partial charge < -0.3 is 0 Å². The standard InChI is InChI=1S/C14H13BrClNO2S/c15-12(11-6-2-1-3-7-11)10-17-20(18,19)14-9-5-4-8-13(14)16/h1-9,12,17H,10H2. The molecule has 0 fully saturated rings. The second-order valence-corrected chi connectivity index (χ2v) is 7.41. The highest BCUT2D eigenvalue weighted by molar-refractivity contribution is 9.09. The second-order valence-electron chi connectivity index (χ2n) is 4.16. The molecule has 0 amide bonds. The number of sulfonamides is 1. The highest BCUT2D eigenvalue weighted by atomic mass is 79.9. The number of hydrogen-bond donors (Lipinski definition) is 1. The number of nitrogens with one attached hydrogen (secondary N) is 1. The summed E-state index contributed by atoms with van der Waals surface area (Å²) in [6, 6.07) is 16.0. The summed E-state index contributed by atoms with van der Waals surface area (Å²) in [6.45, 7) is 0.248. The molecule has 106 valence electrons. The van der Waals surface area contributed by atoms with Gasteiger partial charge in [0.2, 0.25) is 10.0 Å². The molecule has 0 saturated carbocycles. The van der Waals surface area contributed by atoms with E-state index < -0.39 is 10.0 Å². The topological polar surface area (TPSA) is 46.2 Å². The van der Waals surface area contributed by atoms with Crippen LogP contribution < -0.4 is 4.72 Å². The van der Waals surface area contributed by atoms with E-state index in [2.05, 4.69) is 20.7 Å². The van der Waals surface area contributed by atoms with Crippen molar-refractivity contribution in [2.75, 3.05) is 6.54 Å². The van der Waals surface area contributed by atoms with Crippen LogP contribution in [0.25, 0.3) is 0 Å². The molecule has 0 saturated heterocycles. The predicted octanol–water partition coefficient (Wildman–Crippen LogP) is 3.75. The van der Waals surface area contributed by atoms with Gasteiger partial charge in [0.15, 0.2) is 0 Å². The highest BCUT2D eigenvalue weighted by Gasteiger charge is 2.18. The molecular weight excluding hydrogens is 362 g/mol. The number of alkyl halides is 1. The third-order valence-corrected chi connectivity index (χ3v) is 5.52. The molecule has 0 spiro atoms. The van der Waals surface area contributed by atoms with E-state index in [0.717, 1.165) is 5.56 Å². The molecular formula is C14H13BrClNO2S. The summed E-state index contributed by atoms with van der Waals surface area (Å²) in [6.07, 6.45) is 0. The van der Waals surface area contributed by atoms with E-state index in [4.69, 9.17) is 11.6 Å². The molecule has 2 aromatic carbocycles. The summed E-state index contributed by atoms with van der Waals surface area (Å²) in [7, 11) is -3.61. The fourth-order valence-corrected chi connectivity index (χ4v) is 3.95. The van der Waals surface area contributed by atoms with Crippen molar-refractivity contribution in [1.82, 2.24) is 4.72 Å². The fraction of sp³-hybridized carbons (Fsp3) is 0.143. The number of benzene rings is 2. The van der Waals surface area contributed by atoms with E-state index >= 15 is 0 Å². The van der Waals surface area contributed by atoms with Crippen LogP contribution in [0.3, 0.4) is 0 Å². The fourth-order valence-electron chi connectivity index (χ4n) is 1.70. The Morgan fingerprint density at radius 1 is 1.05 bits per heavy atom. The molecule has 0 bridgehead atoms. The molecule has 2 rings (SSSR count). The Hall–Kier alpha value is -0.880. The van der Waals surface area contributed by atoms with Gasteiger partial charge >= 0.3 is 0 Å². The Morgan fingerprint density at radius 3 is 2.30 bits per heavy atom. The van der Waals surface area contributed by atoms with Crippen molar-refractivity contribution >= 4 is 37.6 Å². The minimum absolute atomic E-state index is 0.0921. The van der Waals surface area contributed by atoms with Crippen LogP contribution in [0.15, 0.2) is 59.5 Å². The Balaban J connectivity index is 2.09. The van der Waals surface area contributed by atoms with Gasteiger partial charge in [0.05, 0.1) is 9.85 Å². The first-order chi connectivity index (χ1) is 9.50. The summed E-state index contributed by atoms with van der Waals surface area (Å²) in [5.41, 5.74) is 1.01. The summed E-state index contributed by atoms with van der Waals surface area (Å²) in [4.78, 5) is -0.00427. The number of hydrogen-bond acceptors (Lipinski definition) is 2. The number of rotatable bonds is 5. The zero-order valence-electron chi connectivity index (χ0n) is 10.5. The summed E-state index contributed by atoms with van der Waals surface area (Å²) < 4.78 is 26.9. The maximum Gasteiger partial charge on any atom is 0.242 e. The van der Waals surface area contributed by atoms with Gasteiger partial charge in [-0.3, -0.25) is 0 Å². The smallest absolute Gasteiger partial charge is 0.210 e. The minimum atomic E-state index is -3.61. The lowest BCUT2D eigenvalue weighted by Crippen LogP contribution is -2.27. The van der Waals surface area contributed by atoms with Crippen molar-refractivity contribution in [3.05, 3.63) is 65.2 Å². The highest BCUT2D eigenvalue weighted by Crippen LogP contribution is 2.24. The first-order valence-electron chi connectivity index (χ1n) is 5.94. The first kappa shape index (κ1) is 15.5. The van der Waals surface area contributed by atoms with Crippen LogP contribution in [0, 0.1) is 0 Å². The second kappa shape index (κ2) is 6.72. The molecule has 0 aliphatic heterocycles. The van der Waals surface area contributed by atoms with E-state index in [1.807, 2.05) is 30.3 Å². The van der Waals surface area contributed by atoms with Crippen molar-refractivity contribution in [3.63, 3.8) is 0 Å². The van der Waals surface area contributed by atoms with Gasteiger partial charge in [-0.1, -0.05) is 70.0 Å². The molecule has 1 unspecified atom stereocenters. The van der Waals surface area contributed by atoms with E-state index in [1.54, 1.807) is 18.2 Å². The van der Waals surface area contributed by atoms with Gasteiger partial charge in [0, 0.05) is 6.54 Å². The average Bonchev–Trinajstić information content (AvgIpc) is 2.46. The Labute approximate surface area is 132 Å². The predicted molar refractivity (Wildman–Crippen MR) is 84.8 cm³/mol. The molecule has 1 N–H and O–H groups in total. The maximum atomic E-state index is 12.2. The number of halogens is 2. The molecule has 0 radical (unpaired) electrons. The van der Waals surface area contributed by atoms with Crippen LogP contribution in [-0.4, -0.2) is 15.0 Å². The molecule has 0 aliphatic carbocycles. The van der Waals surface area contributed by atoms with Gasteiger partial charge in [0.25, 0.3) is 0 Å². The van der Waals surface area contributed by atoms with Gasteiger partial charge in [-0.25, -0.2) is 13.1 Å². The molecule has 1 atom stereocenters. The van der Waals surface area contributed by atoms with E-state index in [-0.39, 0.29) is 21.3 Å². The van der Waals surface area contributed by atoms with Crippen LogP contribution in [-0.2, 0) is 10.0 Å². The third-order valence-electron chi connectivity index (χ3n) is 2.74. The van der Waals surface area contributed by atoms with E-state index in [9.17, 15) is 8.42 Å². The monoisotopic (exact) mass is 373 g/mol. The largest absolute Gasteiger partial charge is 0.242 e. The van der Waals surface area contributed by atoms with Gasteiger partial charge in [0.1, 0.15) is 4.90 Å². The van der Waals surface area contributed by atoms with Gasteiger partial charge in [-0.15, -0.1) is 0 Å². The third kappa shape index (κ3) is 3.82. The average molecular weight is 375 g/mol. The van der Waals surface area contributed by atoms with Crippen molar-refractivity contribution in [3.8, 4) is 0 Å². The quantitative estimate of drug-likeness (QED) is 0.810. The molecule has 2 aromatic rings. The summed E-state index contributed by atoms with van der Waals surface area (Å²) >= 11 is 9.38. The van der Waals surface area contributed by atoms with Crippen molar-refractivity contribution in [2.45, 2.75) is 9.72 Å². The van der Waals surface area contributed by atoms with E-state index in [0.29, 0.717) is 0 Å². The summed E-state index contributed by atoms with van der Waals surface area (Å²) in [5, 5.41) is 0.214. The Morgan fingerprint density at radius 2 is 1.65 bits per heavy atom. The maximum absolute atomic E-state index is 12.2. The molecule has 20 heavy (non-hydrogen) atoms. The normalized spacial score (nSPS) is 13.1. The van der Waals surface area contributed by atoms with Crippen molar-refractivity contribution in [1.29, 1.82) is 0 Å². The zero-order chi connectivity index (χ0) is 14.6. The molecule has 3 nitrogen and oxygen atoms in total. The molecule has 0 aromatic heterocycles. The Kier molecular flexibility index (Phi) is 5.21. The molecule has 6 heteroatoms. The van der Waals surface area contributed by atoms with Crippen LogP contribution in [0.5, 0.6) is 0 Å². The lowest BCUT2D eigenvalue weighted by Gasteiger charge is -2.12. The lowest BCUT2D eigenvalue weighted by atomic mass is 10.2. The van der Waals surface area contributed by atoms with E-state index in [1.165, 1.54) is 6.07 Å². The summed E-state index contributed by atoms with van der Waals surface area (Å²) in [5.74, 6) is 0. The zero-order valence-corrected chi connectivity index (χ0v) is 13.6. The first-order valence-corrected chi connectivity index (χ1v) is 8.71. The minimum Gasteiger partial charge on any atom is -0.210 e. The van der Waals surface area contributed by atoms with Gasteiger partial charge in [-0.2, -0.15) is 0 Å². The molecule has 0 aliphatic rings. The Bertz CT molecular complexity index is 677. The van der Waals surface area contributed by atoms with Crippen molar-refractivity contribution < 1.29 is 8.42 Å². The van der Waals surface area contributed by atoms with Crippen LogP contribution in [0.2, 0.25) is 5.02 Å². The molecule has 0 heterocycles. The SMILES string of the molecule is O=S(=O)(NCC(Br)c1ccccc1)c1ccccc1Cl. The van der Waals surface area contributed by atoms with Crippen LogP contribution >= 0.6 is 27.5 Å². The van der Waals surface area contributed by atoms with Gasteiger partial charge in [-0.05, 0) is 17.7 Å². The van der Waals surface area contributed by atoms with Crippen molar-refractivity contribution in [2.24, 2.45) is 0 Å². The van der Waals surface area contributed by atoms with Crippen LogP contribution in [0.1, 0.15) is 10.4 Å².